The number of benzene rings is 2. The van der Waals surface area contributed by atoms with E-state index in [4.69, 9.17) is 0 Å². The molecule has 0 aromatic heterocycles. The molecule has 0 spiro atoms. The van der Waals surface area contributed by atoms with E-state index in [1.165, 1.54) is 5.56 Å². The predicted octanol–water partition coefficient (Wildman–Crippen LogP) is 2.26. The Morgan fingerprint density at radius 1 is 1.07 bits per heavy atom. The van der Waals surface area contributed by atoms with Gasteiger partial charge in [-0.3, -0.25) is 14.6 Å². The van der Waals surface area contributed by atoms with E-state index in [2.05, 4.69) is 21.7 Å². The molecule has 2 aromatic carbocycles. The first-order chi connectivity index (χ1) is 14.0. The van der Waals surface area contributed by atoms with Gasteiger partial charge in [-0.2, -0.15) is 0 Å². The standard InChI is InChI=1S/C22H27N5O2.HI/c1-23-22(24-14-16-8-10-18(11-9-16)21(29)26(2)3)25-15-20(28)27-13-12-17-6-4-5-7-19(17)27;/h4-11H,12-15H2,1-3H3,(H2,23,24,25);1H. The molecule has 0 aliphatic carbocycles. The molecule has 160 valence electrons. The summed E-state index contributed by atoms with van der Waals surface area (Å²) in [6, 6.07) is 15.4. The maximum atomic E-state index is 12.6. The van der Waals surface area contributed by atoms with Crippen molar-refractivity contribution in [2.45, 2.75) is 13.0 Å². The Morgan fingerprint density at radius 2 is 1.77 bits per heavy atom. The van der Waals surface area contributed by atoms with Gasteiger partial charge in [-0.15, -0.1) is 24.0 Å². The number of nitrogens with one attached hydrogen (secondary N) is 2. The van der Waals surface area contributed by atoms with Gasteiger partial charge >= 0.3 is 0 Å². The smallest absolute Gasteiger partial charge is 0.253 e. The normalized spacial score (nSPS) is 12.6. The maximum Gasteiger partial charge on any atom is 0.253 e. The molecule has 3 rings (SSSR count). The van der Waals surface area contributed by atoms with Crippen LogP contribution in [0.2, 0.25) is 0 Å². The van der Waals surface area contributed by atoms with Crippen molar-refractivity contribution in [2.75, 3.05) is 39.1 Å². The minimum Gasteiger partial charge on any atom is -0.352 e. The highest BCUT2D eigenvalue weighted by Gasteiger charge is 2.23. The number of anilines is 1. The summed E-state index contributed by atoms with van der Waals surface area (Å²) in [7, 11) is 5.13. The molecule has 0 saturated carbocycles. The van der Waals surface area contributed by atoms with Crippen LogP contribution in [0.15, 0.2) is 53.5 Å². The van der Waals surface area contributed by atoms with Crippen LogP contribution in [-0.4, -0.2) is 56.9 Å². The summed E-state index contributed by atoms with van der Waals surface area (Å²) in [6.07, 6.45) is 0.890. The number of rotatable bonds is 5. The van der Waals surface area contributed by atoms with Crippen molar-refractivity contribution in [3.63, 3.8) is 0 Å². The summed E-state index contributed by atoms with van der Waals surface area (Å²) in [5.74, 6) is 0.549. The highest BCUT2D eigenvalue weighted by molar-refractivity contribution is 14.0. The van der Waals surface area contributed by atoms with Gasteiger partial charge < -0.3 is 20.4 Å². The number of halogens is 1. The molecule has 0 saturated heterocycles. The molecule has 0 unspecified atom stereocenters. The van der Waals surface area contributed by atoms with Gasteiger partial charge in [-0.1, -0.05) is 30.3 Å². The van der Waals surface area contributed by atoms with Crippen LogP contribution >= 0.6 is 24.0 Å². The molecule has 8 heteroatoms. The molecular weight excluding hydrogens is 493 g/mol. The fraction of sp³-hybridized carbons (Fsp3) is 0.318. The lowest BCUT2D eigenvalue weighted by Crippen LogP contribution is -2.44. The van der Waals surface area contributed by atoms with E-state index in [0.29, 0.717) is 24.6 Å². The van der Waals surface area contributed by atoms with Crippen LogP contribution in [0.3, 0.4) is 0 Å². The number of carbonyl (C=O) groups excluding carboxylic acids is 2. The molecule has 2 amide bonds. The summed E-state index contributed by atoms with van der Waals surface area (Å²) in [5.41, 5.74) is 3.87. The average Bonchev–Trinajstić information content (AvgIpc) is 3.17. The molecule has 30 heavy (non-hydrogen) atoms. The van der Waals surface area contributed by atoms with Crippen molar-refractivity contribution < 1.29 is 9.59 Å². The molecule has 0 radical (unpaired) electrons. The second kappa shape index (κ2) is 11.0. The molecule has 7 nitrogen and oxygen atoms in total. The molecule has 1 heterocycles. The Kier molecular flexibility index (Phi) is 8.64. The number of hydrogen-bond acceptors (Lipinski definition) is 3. The minimum absolute atomic E-state index is 0. The lowest BCUT2D eigenvalue weighted by Gasteiger charge is -2.19. The van der Waals surface area contributed by atoms with Crippen molar-refractivity contribution in [2.24, 2.45) is 4.99 Å². The third kappa shape index (κ3) is 5.71. The van der Waals surface area contributed by atoms with Crippen molar-refractivity contribution in [3.05, 3.63) is 65.2 Å². The number of para-hydroxylation sites is 1. The number of guanidine groups is 1. The summed E-state index contributed by atoms with van der Waals surface area (Å²) in [5, 5.41) is 6.27. The van der Waals surface area contributed by atoms with Gasteiger partial charge in [0.05, 0.1) is 6.54 Å². The Hall–Kier alpha value is -2.62. The maximum absolute atomic E-state index is 12.6. The first kappa shape index (κ1) is 23.7. The first-order valence-electron chi connectivity index (χ1n) is 9.63. The molecule has 2 aromatic rings. The number of fused-ring (bicyclic) bond motifs is 1. The molecule has 0 fully saturated rings. The zero-order valence-electron chi connectivity index (χ0n) is 17.5. The topological polar surface area (TPSA) is 77.0 Å². The van der Waals surface area contributed by atoms with Gasteiger partial charge in [0.2, 0.25) is 5.91 Å². The Balaban J connectivity index is 0.00000320. The van der Waals surface area contributed by atoms with Crippen LogP contribution in [0.5, 0.6) is 0 Å². The number of hydrogen-bond donors (Lipinski definition) is 2. The zero-order valence-corrected chi connectivity index (χ0v) is 19.8. The van der Waals surface area contributed by atoms with E-state index >= 15 is 0 Å². The molecule has 0 atom stereocenters. The summed E-state index contributed by atoms with van der Waals surface area (Å²) >= 11 is 0. The van der Waals surface area contributed by atoms with Crippen molar-refractivity contribution >= 4 is 47.4 Å². The highest BCUT2D eigenvalue weighted by atomic mass is 127. The van der Waals surface area contributed by atoms with Gasteiger partial charge in [-0.25, -0.2) is 0 Å². The van der Waals surface area contributed by atoms with E-state index in [0.717, 1.165) is 17.7 Å². The van der Waals surface area contributed by atoms with Crippen LogP contribution in [-0.2, 0) is 17.8 Å². The van der Waals surface area contributed by atoms with Crippen LogP contribution in [0.1, 0.15) is 21.5 Å². The minimum atomic E-state index is -0.0241. The highest BCUT2D eigenvalue weighted by Crippen LogP contribution is 2.27. The quantitative estimate of drug-likeness (QED) is 0.360. The molecular formula is C22H28IN5O2. The average molecular weight is 521 g/mol. The van der Waals surface area contributed by atoms with E-state index in [-0.39, 0.29) is 42.3 Å². The van der Waals surface area contributed by atoms with Crippen LogP contribution in [0.25, 0.3) is 0 Å². The van der Waals surface area contributed by atoms with Gasteiger partial charge in [0.15, 0.2) is 5.96 Å². The van der Waals surface area contributed by atoms with Gasteiger partial charge in [0, 0.05) is 45.5 Å². The molecule has 1 aliphatic heterocycles. The fourth-order valence-corrected chi connectivity index (χ4v) is 3.28. The number of nitrogens with zero attached hydrogens (tertiary/aromatic N) is 3. The second-order valence-electron chi connectivity index (χ2n) is 7.10. The Bertz CT molecular complexity index is 912. The van der Waals surface area contributed by atoms with Crippen LogP contribution in [0.4, 0.5) is 5.69 Å². The third-order valence-corrected chi connectivity index (χ3v) is 4.89. The molecule has 0 bridgehead atoms. The molecule has 1 aliphatic rings. The van der Waals surface area contributed by atoms with Crippen LogP contribution in [0, 0.1) is 0 Å². The van der Waals surface area contributed by atoms with E-state index in [9.17, 15) is 9.59 Å². The summed E-state index contributed by atoms with van der Waals surface area (Å²) in [6.45, 7) is 1.42. The van der Waals surface area contributed by atoms with Gasteiger partial charge in [-0.05, 0) is 35.7 Å². The van der Waals surface area contributed by atoms with Crippen molar-refractivity contribution in [1.82, 2.24) is 15.5 Å². The van der Waals surface area contributed by atoms with Crippen molar-refractivity contribution in [3.8, 4) is 0 Å². The fourth-order valence-electron chi connectivity index (χ4n) is 3.28. The molecule has 2 N–H and O–H groups in total. The Morgan fingerprint density at radius 3 is 2.43 bits per heavy atom. The second-order valence-corrected chi connectivity index (χ2v) is 7.10. The zero-order chi connectivity index (χ0) is 20.8. The Labute approximate surface area is 194 Å². The number of aliphatic imine (C=N–C) groups is 1. The number of carbonyl (C=O) groups is 2. The predicted molar refractivity (Wildman–Crippen MR) is 131 cm³/mol. The van der Waals surface area contributed by atoms with E-state index in [1.807, 2.05) is 47.4 Å². The third-order valence-electron chi connectivity index (χ3n) is 4.89. The van der Waals surface area contributed by atoms with Gasteiger partial charge in [0.1, 0.15) is 0 Å². The summed E-state index contributed by atoms with van der Waals surface area (Å²) < 4.78 is 0. The largest absolute Gasteiger partial charge is 0.352 e. The van der Waals surface area contributed by atoms with Crippen LogP contribution < -0.4 is 15.5 Å². The SMILES string of the molecule is CN=C(NCC(=O)N1CCc2ccccc21)NCc1ccc(C(=O)N(C)C)cc1.I. The number of amides is 2. The lowest BCUT2D eigenvalue weighted by molar-refractivity contribution is -0.117. The van der Waals surface area contributed by atoms with Gasteiger partial charge in [0.25, 0.3) is 5.91 Å². The monoisotopic (exact) mass is 521 g/mol. The lowest BCUT2D eigenvalue weighted by atomic mass is 10.1. The van der Waals surface area contributed by atoms with E-state index in [1.54, 1.807) is 26.0 Å². The van der Waals surface area contributed by atoms with E-state index < -0.39 is 0 Å². The van der Waals surface area contributed by atoms with Crippen molar-refractivity contribution in [1.29, 1.82) is 0 Å². The first-order valence-corrected chi connectivity index (χ1v) is 9.63. The summed E-state index contributed by atoms with van der Waals surface area (Å²) in [4.78, 5) is 32.1.